The number of hydrogen-bond donors (Lipinski definition) is 2. The van der Waals surface area contributed by atoms with Crippen molar-refractivity contribution in [1.29, 1.82) is 0 Å². The minimum atomic E-state index is -0.901. The number of aromatic nitrogens is 4. The van der Waals surface area contributed by atoms with Crippen LogP contribution in [0.3, 0.4) is 0 Å². The van der Waals surface area contributed by atoms with E-state index < -0.39 is 11.0 Å². The summed E-state index contributed by atoms with van der Waals surface area (Å²) in [5.41, 5.74) is 5.12. The molecule has 2 N–H and O–H groups in total. The fourth-order valence-corrected chi connectivity index (χ4v) is 6.55. The van der Waals surface area contributed by atoms with E-state index in [4.69, 9.17) is 4.98 Å². The average Bonchev–Trinajstić information content (AvgIpc) is 3.36. The largest absolute Gasteiger partial charge is 0.348 e. The zero-order valence-electron chi connectivity index (χ0n) is 24.0. The molecule has 1 amide bonds. The van der Waals surface area contributed by atoms with Crippen molar-refractivity contribution in [2.24, 2.45) is 0 Å². The molecule has 1 saturated heterocycles. The first kappa shape index (κ1) is 28.4. The second kappa shape index (κ2) is 11.8. The Morgan fingerprint density at radius 1 is 1.20 bits per heavy atom. The third-order valence-corrected chi connectivity index (χ3v) is 9.19. The number of carbonyl (C=O) groups is 1. The van der Waals surface area contributed by atoms with E-state index in [1.165, 1.54) is 0 Å². The van der Waals surface area contributed by atoms with Crippen molar-refractivity contribution in [3.8, 4) is 0 Å². The van der Waals surface area contributed by atoms with Gasteiger partial charge < -0.3 is 10.3 Å². The zero-order valence-corrected chi connectivity index (χ0v) is 24.8. The Labute approximate surface area is 237 Å². The molecule has 2 aliphatic heterocycles. The molecule has 2 aliphatic rings. The van der Waals surface area contributed by atoms with Crippen molar-refractivity contribution in [3.05, 3.63) is 62.8 Å². The van der Waals surface area contributed by atoms with Crippen molar-refractivity contribution in [3.63, 3.8) is 0 Å². The van der Waals surface area contributed by atoms with Gasteiger partial charge in [-0.25, -0.2) is 18.2 Å². The molecule has 0 spiro atoms. The Hall–Kier alpha value is -3.15. The van der Waals surface area contributed by atoms with Gasteiger partial charge in [-0.2, -0.15) is 5.10 Å². The van der Waals surface area contributed by atoms with Crippen LogP contribution < -0.4 is 10.9 Å². The Balaban J connectivity index is 1.39. The molecule has 1 atom stereocenters. The van der Waals surface area contributed by atoms with Gasteiger partial charge in [0.15, 0.2) is 5.65 Å². The molecule has 5 heterocycles. The summed E-state index contributed by atoms with van der Waals surface area (Å²) in [5, 5.41) is 8.20. The molecular formula is C29H39N7O3S. The van der Waals surface area contributed by atoms with Gasteiger partial charge in [0, 0.05) is 62.3 Å². The SMILES string of the molecule is Cc1cc(C)c(CNC(=O)c2cc(C3=CCN(C4CCN(S(C)=O)CC4)CC3)nc3c2cnn3C(C)C)c(=O)[nH]1. The van der Waals surface area contributed by atoms with Gasteiger partial charge in [0.05, 0.1) is 33.8 Å². The second-order valence-electron chi connectivity index (χ2n) is 11.2. The van der Waals surface area contributed by atoms with Gasteiger partial charge in [0.2, 0.25) is 0 Å². The topological polar surface area (TPSA) is 116 Å². The number of aromatic amines is 1. The van der Waals surface area contributed by atoms with Crippen molar-refractivity contribution in [2.45, 2.75) is 65.6 Å². The first-order chi connectivity index (χ1) is 19.1. The number of H-pyrrole nitrogens is 1. The van der Waals surface area contributed by atoms with E-state index >= 15 is 0 Å². The van der Waals surface area contributed by atoms with Gasteiger partial charge in [-0.05, 0) is 70.2 Å². The predicted molar refractivity (Wildman–Crippen MR) is 158 cm³/mol. The van der Waals surface area contributed by atoms with Crippen LogP contribution in [0.5, 0.6) is 0 Å². The highest BCUT2D eigenvalue weighted by Crippen LogP contribution is 2.29. The average molecular weight is 566 g/mol. The molecule has 0 bridgehead atoms. The summed E-state index contributed by atoms with van der Waals surface area (Å²) in [7, 11) is -0.901. The standard InChI is InChI=1S/C29H39N7O3S/c1-18(2)36-27-25(17-31-36)23(28(37)30-16-24-19(3)14-20(4)32-29(24)38)15-26(33-27)21-6-10-34(11-7-21)22-8-12-35(13-9-22)40(5)39/h6,14-15,17-18,22H,7-13,16H2,1-5H3,(H,30,37)(H,32,38). The van der Waals surface area contributed by atoms with Gasteiger partial charge >= 0.3 is 0 Å². The van der Waals surface area contributed by atoms with Crippen LogP contribution in [-0.4, -0.2) is 77.5 Å². The van der Waals surface area contributed by atoms with Crippen LogP contribution >= 0.6 is 0 Å². The maximum absolute atomic E-state index is 13.5. The van der Waals surface area contributed by atoms with E-state index in [0.717, 1.165) is 68.0 Å². The number of rotatable bonds is 7. The normalized spacial score (nSPS) is 18.3. The van der Waals surface area contributed by atoms with Gasteiger partial charge in [0.25, 0.3) is 11.5 Å². The lowest BCUT2D eigenvalue weighted by molar-refractivity contribution is 0.0952. The molecular weight excluding hydrogens is 526 g/mol. The third-order valence-electron chi connectivity index (χ3n) is 8.09. The second-order valence-corrected chi connectivity index (χ2v) is 12.5. The van der Waals surface area contributed by atoms with Crippen molar-refractivity contribution in [2.75, 3.05) is 32.4 Å². The Kier molecular flexibility index (Phi) is 8.34. The third kappa shape index (κ3) is 5.82. The number of aryl methyl sites for hydroxylation is 2. The maximum atomic E-state index is 13.5. The molecule has 214 valence electrons. The van der Waals surface area contributed by atoms with Crippen molar-refractivity contribution in [1.82, 2.24) is 34.3 Å². The van der Waals surface area contributed by atoms with E-state index in [1.54, 1.807) is 12.5 Å². The molecule has 40 heavy (non-hydrogen) atoms. The Morgan fingerprint density at radius 3 is 2.58 bits per heavy atom. The number of fused-ring (bicyclic) bond motifs is 1. The van der Waals surface area contributed by atoms with E-state index in [1.807, 2.05) is 48.8 Å². The molecule has 3 aromatic rings. The zero-order chi connectivity index (χ0) is 28.6. The van der Waals surface area contributed by atoms with Gasteiger partial charge in [-0.15, -0.1) is 0 Å². The minimum Gasteiger partial charge on any atom is -0.348 e. The summed E-state index contributed by atoms with van der Waals surface area (Å²) in [6, 6.07) is 4.35. The highest BCUT2D eigenvalue weighted by Gasteiger charge is 2.28. The van der Waals surface area contributed by atoms with Crippen LogP contribution in [0, 0.1) is 13.8 Å². The summed E-state index contributed by atoms with van der Waals surface area (Å²) >= 11 is 0. The van der Waals surface area contributed by atoms with Gasteiger partial charge in [0.1, 0.15) is 0 Å². The molecule has 0 radical (unpaired) electrons. The Morgan fingerprint density at radius 2 is 1.95 bits per heavy atom. The molecule has 0 aromatic carbocycles. The lowest BCUT2D eigenvalue weighted by Crippen LogP contribution is -2.46. The van der Waals surface area contributed by atoms with E-state index in [-0.39, 0.29) is 24.1 Å². The number of nitrogens with one attached hydrogen (secondary N) is 2. The number of carbonyl (C=O) groups excluding carboxylic acids is 1. The van der Waals surface area contributed by atoms with Gasteiger partial charge in [-0.1, -0.05) is 6.08 Å². The smallest absolute Gasteiger partial charge is 0.253 e. The van der Waals surface area contributed by atoms with Crippen molar-refractivity contribution >= 4 is 33.5 Å². The molecule has 1 unspecified atom stereocenters. The molecule has 0 saturated carbocycles. The van der Waals surface area contributed by atoms with Crippen LogP contribution in [0.2, 0.25) is 0 Å². The molecule has 11 heteroatoms. The molecule has 3 aromatic heterocycles. The summed E-state index contributed by atoms with van der Waals surface area (Å²) < 4.78 is 15.7. The fraction of sp³-hybridized carbons (Fsp3) is 0.517. The van der Waals surface area contributed by atoms with Crippen molar-refractivity contribution < 1.29 is 9.00 Å². The number of amides is 1. The molecule has 0 aliphatic carbocycles. The number of pyridine rings is 2. The summed E-state index contributed by atoms with van der Waals surface area (Å²) in [6.07, 6.45) is 8.57. The highest BCUT2D eigenvalue weighted by molar-refractivity contribution is 7.81. The number of piperidine rings is 1. The van der Waals surface area contributed by atoms with E-state index in [0.29, 0.717) is 28.2 Å². The summed E-state index contributed by atoms with van der Waals surface area (Å²) in [5.74, 6) is -0.255. The lowest BCUT2D eigenvalue weighted by Gasteiger charge is -2.38. The van der Waals surface area contributed by atoms with Crippen LogP contribution in [0.15, 0.2) is 29.2 Å². The monoisotopic (exact) mass is 565 g/mol. The fourth-order valence-electron chi connectivity index (χ4n) is 5.83. The van der Waals surface area contributed by atoms with Gasteiger partial charge in [-0.3, -0.25) is 14.5 Å². The molecule has 10 nitrogen and oxygen atoms in total. The quantitative estimate of drug-likeness (QED) is 0.455. The van der Waals surface area contributed by atoms with Crippen LogP contribution in [0.1, 0.15) is 72.0 Å². The number of hydrogen-bond acceptors (Lipinski definition) is 6. The van der Waals surface area contributed by atoms with Crippen LogP contribution in [0.4, 0.5) is 0 Å². The molecule has 5 rings (SSSR count). The van der Waals surface area contributed by atoms with E-state index in [2.05, 4.69) is 26.4 Å². The highest BCUT2D eigenvalue weighted by atomic mass is 32.2. The first-order valence-electron chi connectivity index (χ1n) is 14.0. The molecule has 1 fully saturated rings. The Bertz CT molecular complexity index is 1530. The lowest BCUT2D eigenvalue weighted by atomic mass is 9.98. The van der Waals surface area contributed by atoms with E-state index in [9.17, 15) is 13.8 Å². The maximum Gasteiger partial charge on any atom is 0.253 e. The minimum absolute atomic E-state index is 0.0871. The van der Waals surface area contributed by atoms with Crippen LogP contribution in [-0.2, 0) is 17.5 Å². The van der Waals surface area contributed by atoms with Crippen LogP contribution in [0.25, 0.3) is 16.6 Å². The summed E-state index contributed by atoms with van der Waals surface area (Å²) in [4.78, 5) is 36.3. The predicted octanol–water partition coefficient (Wildman–Crippen LogP) is 3.09. The summed E-state index contributed by atoms with van der Waals surface area (Å²) in [6.45, 7) is 11.4. The number of nitrogens with zero attached hydrogens (tertiary/aromatic N) is 5. The first-order valence-corrected chi connectivity index (χ1v) is 15.5.